The average Bonchev–Trinajstić information content (AvgIpc) is 2.27. The number of carboxylic acid groups (broad SMARTS) is 1. The molecule has 17 heavy (non-hydrogen) atoms. The van der Waals surface area contributed by atoms with E-state index in [9.17, 15) is 14.4 Å². The first-order chi connectivity index (χ1) is 7.97. The van der Waals surface area contributed by atoms with Crippen molar-refractivity contribution in [3.63, 3.8) is 0 Å². The summed E-state index contributed by atoms with van der Waals surface area (Å²) in [5.74, 6) is -1.44. The van der Waals surface area contributed by atoms with Crippen LogP contribution >= 0.6 is 0 Å². The maximum atomic E-state index is 12.0. The molecule has 1 aliphatic rings. The lowest BCUT2D eigenvalue weighted by Crippen LogP contribution is -2.61. The summed E-state index contributed by atoms with van der Waals surface area (Å²) >= 11 is 0. The van der Waals surface area contributed by atoms with E-state index in [1.54, 1.807) is 7.05 Å². The maximum Gasteiger partial charge on any atom is 0.328 e. The van der Waals surface area contributed by atoms with E-state index < -0.39 is 18.0 Å². The van der Waals surface area contributed by atoms with Crippen LogP contribution in [0.3, 0.4) is 0 Å². The van der Waals surface area contributed by atoms with Gasteiger partial charge < -0.3 is 15.3 Å². The summed E-state index contributed by atoms with van der Waals surface area (Å²) < 4.78 is 0. The molecule has 1 heterocycles. The van der Waals surface area contributed by atoms with Crippen LogP contribution in [0.5, 0.6) is 0 Å². The number of amides is 3. The van der Waals surface area contributed by atoms with Gasteiger partial charge in [0.2, 0.25) is 5.91 Å². The summed E-state index contributed by atoms with van der Waals surface area (Å²) in [4.78, 5) is 36.7. The Morgan fingerprint density at radius 2 is 2.24 bits per heavy atom. The van der Waals surface area contributed by atoms with Crippen molar-refractivity contribution in [3.8, 4) is 0 Å². The fourth-order valence-electron chi connectivity index (χ4n) is 1.71. The van der Waals surface area contributed by atoms with E-state index in [0.29, 0.717) is 6.54 Å². The van der Waals surface area contributed by atoms with Crippen molar-refractivity contribution in [3.05, 3.63) is 0 Å². The van der Waals surface area contributed by atoms with Crippen molar-refractivity contribution in [1.82, 2.24) is 15.1 Å². The van der Waals surface area contributed by atoms with Gasteiger partial charge in [0.05, 0.1) is 0 Å². The molecular weight excluding hydrogens is 226 g/mol. The lowest BCUT2D eigenvalue weighted by molar-refractivity contribution is -0.144. The van der Waals surface area contributed by atoms with Gasteiger partial charge in [-0.2, -0.15) is 0 Å². The molecule has 1 saturated heterocycles. The summed E-state index contributed by atoms with van der Waals surface area (Å²) in [6, 6.07) is -1.41. The normalized spacial score (nSPS) is 19.8. The Bertz CT molecular complexity index is 332. The molecule has 3 amide bonds. The predicted octanol–water partition coefficient (Wildman–Crippen LogP) is -0.667. The van der Waals surface area contributed by atoms with Gasteiger partial charge in [-0.25, -0.2) is 9.59 Å². The highest BCUT2D eigenvalue weighted by molar-refractivity contribution is 5.90. The third-order valence-corrected chi connectivity index (χ3v) is 2.60. The minimum atomic E-state index is -1.11. The standard InChI is InChI=1S/C10H17N3O4/c1-3-4-12(2)10(17)13-6-8(14)11-5-7(13)9(15)16/h7H,3-6H2,1-2H3,(H,11,14)(H,15,16). The number of carbonyl (C=O) groups excluding carboxylic acids is 2. The Kier molecular flexibility index (Phi) is 4.30. The molecule has 0 aromatic carbocycles. The Morgan fingerprint density at radius 3 is 2.76 bits per heavy atom. The van der Waals surface area contributed by atoms with Crippen LogP contribution in [-0.2, 0) is 9.59 Å². The monoisotopic (exact) mass is 243 g/mol. The van der Waals surface area contributed by atoms with Crippen molar-refractivity contribution in [2.45, 2.75) is 19.4 Å². The second-order valence-electron chi connectivity index (χ2n) is 3.99. The number of nitrogens with zero attached hydrogens (tertiary/aromatic N) is 2. The SMILES string of the molecule is CCCN(C)C(=O)N1CC(=O)NCC1C(=O)O. The molecule has 0 aromatic heterocycles. The molecule has 7 nitrogen and oxygen atoms in total. The van der Waals surface area contributed by atoms with Crippen LogP contribution in [0, 0.1) is 0 Å². The zero-order valence-electron chi connectivity index (χ0n) is 9.97. The quantitative estimate of drug-likeness (QED) is 0.688. The molecule has 1 rings (SSSR count). The Hall–Kier alpha value is -1.79. The molecule has 0 saturated carbocycles. The minimum Gasteiger partial charge on any atom is -0.480 e. The molecule has 96 valence electrons. The van der Waals surface area contributed by atoms with E-state index in [1.165, 1.54) is 4.90 Å². The number of carboxylic acids is 1. The lowest BCUT2D eigenvalue weighted by atomic mass is 10.2. The second-order valence-corrected chi connectivity index (χ2v) is 3.99. The minimum absolute atomic E-state index is 0.0418. The first kappa shape index (κ1) is 13.3. The van der Waals surface area contributed by atoms with Crippen molar-refractivity contribution < 1.29 is 19.5 Å². The molecule has 1 fully saturated rings. The third kappa shape index (κ3) is 3.08. The highest BCUT2D eigenvalue weighted by Gasteiger charge is 2.36. The van der Waals surface area contributed by atoms with Gasteiger partial charge in [-0.15, -0.1) is 0 Å². The largest absolute Gasteiger partial charge is 0.480 e. The van der Waals surface area contributed by atoms with Gasteiger partial charge in [0.25, 0.3) is 0 Å². The summed E-state index contributed by atoms with van der Waals surface area (Å²) in [5, 5.41) is 11.4. The number of hydrogen-bond donors (Lipinski definition) is 2. The zero-order chi connectivity index (χ0) is 13.0. The van der Waals surface area contributed by atoms with E-state index in [-0.39, 0.29) is 19.0 Å². The van der Waals surface area contributed by atoms with Crippen molar-refractivity contribution in [2.24, 2.45) is 0 Å². The van der Waals surface area contributed by atoms with Crippen LogP contribution < -0.4 is 5.32 Å². The molecule has 0 radical (unpaired) electrons. The first-order valence-electron chi connectivity index (χ1n) is 5.48. The molecule has 1 atom stereocenters. The van der Waals surface area contributed by atoms with Gasteiger partial charge in [-0.05, 0) is 6.42 Å². The first-order valence-corrected chi connectivity index (χ1v) is 5.48. The fraction of sp³-hybridized carbons (Fsp3) is 0.700. The van der Waals surface area contributed by atoms with Gasteiger partial charge in [0.15, 0.2) is 0 Å². The zero-order valence-corrected chi connectivity index (χ0v) is 9.97. The van der Waals surface area contributed by atoms with E-state index in [2.05, 4.69) is 5.32 Å². The highest BCUT2D eigenvalue weighted by Crippen LogP contribution is 2.08. The van der Waals surface area contributed by atoms with Gasteiger partial charge in [-0.1, -0.05) is 6.92 Å². The van der Waals surface area contributed by atoms with Crippen LogP contribution in [0.1, 0.15) is 13.3 Å². The van der Waals surface area contributed by atoms with E-state index >= 15 is 0 Å². The number of hydrogen-bond acceptors (Lipinski definition) is 3. The van der Waals surface area contributed by atoms with Crippen LogP contribution in [0.25, 0.3) is 0 Å². The molecule has 1 aliphatic heterocycles. The van der Waals surface area contributed by atoms with Crippen LogP contribution in [0.4, 0.5) is 4.79 Å². The average molecular weight is 243 g/mol. The molecule has 7 heteroatoms. The van der Waals surface area contributed by atoms with Crippen LogP contribution in [0.2, 0.25) is 0 Å². The molecular formula is C10H17N3O4. The summed E-state index contributed by atoms with van der Waals surface area (Å²) in [5.41, 5.74) is 0. The Balaban J connectivity index is 2.78. The second kappa shape index (κ2) is 5.51. The number of aliphatic carboxylic acids is 1. The van der Waals surface area contributed by atoms with Gasteiger partial charge in [-0.3, -0.25) is 9.69 Å². The molecule has 2 N–H and O–H groups in total. The lowest BCUT2D eigenvalue weighted by Gasteiger charge is -2.35. The number of nitrogens with one attached hydrogen (secondary N) is 1. The van der Waals surface area contributed by atoms with Crippen molar-refractivity contribution >= 4 is 17.9 Å². The summed E-state index contributed by atoms with van der Waals surface area (Å²) in [7, 11) is 1.59. The van der Waals surface area contributed by atoms with E-state index in [4.69, 9.17) is 5.11 Å². The number of carbonyl (C=O) groups is 3. The number of urea groups is 1. The molecule has 1 unspecified atom stereocenters. The Labute approximate surface area is 99.4 Å². The number of piperazine rings is 1. The predicted molar refractivity (Wildman–Crippen MR) is 59.5 cm³/mol. The molecule has 0 bridgehead atoms. The summed E-state index contributed by atoms with van der Waals surface area (Å²) in [6.07, 6.45) is 0.778. The topological polar surface area (TPSA) is 90.0 Å². The van der Waals surface area contributed by atoms with Crippen LogP contribution in [0.15, 0.2) is 0 Å². The molecule has 0 aromatic rings. The third-order valence-electron chi connectivity index (χ3n) is 2.60. The van der Waals surface area contributed by atoms with Crippen molar-refractivity contribution in [1.29, 1.82) is 0 Å². The maximum absolute atomic E-state index is 12.0. The number of rotatable bonds is 3. The summed E-state index contributed by atoms with van der Waals surface area (Å²) in [6.45, 7) is 2.20. The van der Waals surface area contributed by atoms with E-state index in [1.807, 2.05) is 6.92 Å². The van der Waals surface area contributed by atoms with Gasteiger partial charge in [0.1, 0.15) is 12.6 Å². The molecule has 0 spiro atoms. The smallest absolute Gasteiger partial charge is 0.328 e. The van der Waals surface area contributed by atoms with Gasteiger partial charge in [0, 0.05) is 20.1 Å². The van der Waals surface area contributed by atoms with Crippen molar-refractivity contribution in [2.75, 3.05) is 26.7 Å². The highest BCUT2D eigenvalue weighted by atomic mass is 16.4. The van der Waals surface area contributed by atoms with E-state index in [0.717, 1.165) is 11.3 Å². The Morgan fingerprint density at radius 1 is 1.59 bits per heavy atom. The fourth-order valence-corrected chi connectivity index (χ4v) is 1.71. The van der Waals surface area contributed by atoms with Gasteiger partial charge >= 0.3 is 12.0 Å². The van der Waals surface area contributed by atoms with Crippen LogP contribution in [-0.4, -0.2) is 65.5 Å². The molecule has 0 aliphatic carbocycles.